The molecule has 1 aromatic carbocycles. The average molecular weight is 342 g/mol. The van der Waals surface area contributed by atoms with Gasteiger partial charge in [0.15, 0.2) is 5.78 Å². The molecule has 25 heavy (non-hydrogen) atoms. The van der Waals surface area contributed by atoms with E-state index in [0.717, 1.165) is 0 Å². The van der Waals surface area contributed by atoms with Crippen LogP contribution in [0.1, 0.15) is 64.4 Å². The number of rotatable bonds is 6. The lowest BCUT2D eigenvalue weighted by Crippen LogP contribution is -2.15. The molecule has 0 fully saturated rings. The predicted molar refractivity (Wildman–Crippen MR) is 95.4 cm³/mol. The van der Waals surface area contributed by atoms with E-state index in [1.54, 1.807) is 38.1 Å². The molecule has 0 bridgehead atoms. The van der Waals surface area contributed by atoms with E-state index in [2.05, 4.69) is 10.3 Å². The van der Waals surface area contributed by atoms with Crippen LogP contribution >= 0.6 is 0 Å². The first kappa shape index (κ1) is 18.4. The Balaban J connectivity index is 2.24. The normalized spacial score (nSPS) is 11.8. The first-order valence-electron chi connectivity index (χ1n) is 8.12. The summed E-state index contributed by atoms with van der Waals surface area (Å²) >= 11 is 0. The molecule has 2 rings (SSSR count). The number of Topliss-reactive ketones (excluding diaryl/α,β-unsaturated/α-hetero) is 1. The molecule has 0 aliphatic heterocycles. The van der Waals surface area contributed by atoms with Crippen LogP contribution in [0.3, 0.4) is 0 Å². The highest BCUT2D eigenvalue weighted by atomic mass is 16.4. The molecule has 0 radical (unpaired) electrons. The fourth-order valence-corrected chi connectivity index (χ4v) is 2.89. The maximum Gasteiger partial charge on any atom is 0.310 e. The smallest absolute Gasteiger partial charge is 0.310 e. The number of amides is 1. The molecule has 132 valence electrons. The molecular weight excluding hydrogens is 320 g/mol. The van der Waals surface area contributed by atoms with Crippen molar-refractivity contribution in [2.24, 2.45) is 0 Å². The Morgan fingerprint density at radius 1 is 1.20 bits per heavy atom. The van der Waals surface area contributed by atoms with Crippen LogP contribution < -0.4 is 5.32 Å². The summed E-state index contributed by atoms with van der Waals surface area (Å²) in [6, 6.07) is 6.69. The van der Waals surface area contributed by atoms with Crippen LogP contribution in [0.2, 0.25) is 0 Å². The van der Waals surface area contributed by atoms with E-state index in [1.807, 2.05) is 6.92 Å². The van der Waals surface area contributed by atoms with Crippen molar-refractivity contribution in [3.63, 3.8) is 0 Å². The van der Waals surface area contributed by atoms with Gasteiger partial charge in [-0.2, -0.15) is 0 Å². The number of aryl methyl sites for hydroxylation is 1. The lowest BCUT2D eigenvalue weighted by Gasteiger charge is -2.09. The Morgan fingerprint density at radius 3 is 2.28 bits per heavy atom. The summed E-state index contributed by atoms with van der Waals surface area (Å²) in [6.07, 6.45) is 0.567. The molecule has 6 nitrogen and oxygen atoms in total. The van der Waals surface area contributed by atoms with Crippen LogP contribution in [-0.2, 0) is 11.2 Å². The molecule has 0 aliphatic carbocycles. The highest BCUT2D eigenvalue weighted by Crippen LogP contribution is 2.22. The molecule has 1 aromatic heterocycles. The minimum Gasteiger partial charge on any atom is -0.481 e. The Morgan fingerprint density at radius 2 is 1.80 bits per heavy atom. The topological polar surface area (TPSA) is 99.3 Å². The summed E-state index contributed by atoms with van der Waals surface area (Å²) < 4.78 is 0. The van der Waals surface area contributed by atoms with Gasteiger partial charge < -0.3 is 15.4 Å². The molecule has 0 saturated carbocycles. The third-order valence-electron chi connectivity index (χ3n) is 4.26. The lowest BCUT2D eigenvalue weighted by molar-refractivity contribution is -0.138. The van der Waals surface area contributed by atoms with Gasteiger partial charge in [0, 0.05) is 16.9 Å². The SMILES string of the molecule is CCc1c(C(=O)Nc2ccc(C(C)C(=O)O)cc2)[nH]c(C)c1C(C)=O. The summed E-state index contributed by atoms with van der Waals surface area (Å²) in [4.78, 5) is 38.4. The summed E-state index contributed by atoms with van der Waals surface area (Å²) in [5.74, 6) is -1.91. The van der Waals surface area contributed by atoms with Gasteiger partial charge in [0.05, 0.1) is 5.92 Å². The van der Waals surface area contributed by atoms with E-state index in [-0.39, 0.29) is 11.7 Å². The van der Waals surface area contributed by atoms with E-state index < -0.39 is 11.9 Å². The number of aromatic amines is 1. The van der Waals surface area contributed by atoms with Gasteiger partial charge in [-0.05, 0) is 50.5 Å². The third-order valence-corrected chi connectivity index (χ3v) is 4.26. The van der Waals surface area contributed by atoms with Crippen LogP contribution in [0, 0.1) is 6.92 Å². The van der Waals surface area contributed by atoms with Gasteiger partial charge >= 0.3 is 5.97 Å². The molecule has 3 N–H and O–H groups in total. The minimum atomic E-state index is -0.900. The Hall–Kier alpha value is -2.89. The number of aliphatic carboxylic acids is 1. The van der Waals surface area contributed by atoms with Crippen molar-refractivity contribution in [3.05, 3.63) is 52.3 Å². The Bertz CT molecular complexity index is 819. The molecule has 1 atom stereocenters. The second-order valence-corrected chi connectivity index (χ2v) is 6.02. The first-order valence-corrected chi connectivity index (χ1v) is 8.12. The standard InChI is InChI=1S/C19H22N2O4/c1-5-15-16(12(4)22)11(3)20-17(15)18(23)21-14-8-6-13(7-9-14)10(2)19(24)25/h6-10,20H,5H2,1-4H3,(H,21,23)(H,24,25). The average Bonchev–Trinajstić information content (AvgIpc) is 2.91. The van der Waals surface area contributed by atoms with Gasteiger partial charge in [-0.3, -0.25) is 14.4 Å². The molecule has 6 heteroatoms. The molecule has 0 aliphatic rings. The fraction of sp³-hybridized carbons (Fsp3) is 0.316. The number of benzene rings is 1. The van der Waals surface area contributed by atoms with Crippen LogP contribution in [0.15, 0.2) is 24.3 Å². The van der Waals surface area contributed by atoms with Crippen molar-refractivity contribution in [2.45, 2.75) is 40.0 Å². The van der Waals surface area contributed by atoms with Crippen LogP contribution in [-0.4, -0.2) is 27.8 Å². The number of carbonyl (C=O) groups is 3. The first-order chi connectivity index (χ1) is 11.8. The molecule has 0 saturated heterocycles. The number of carbonyl (C=O) groups excluding carboxylic acids is 2. The number of hydrogen-bond donors (Lipinski definition) is 3. The monoisotopic (exact) mass is 342 g/mol. The van der Waals surface area contributed by atoms with E-state index in [9.17, 15) is 14.4 Å². The highest BCUT2D eigenvalue weighted by Gasteiger charge is 2.21. The maximum atomic E-state index is 12.6. The van der Waals surface area contributed by atoms with Gasteiger partial charge in [0.25, 0.3) is 5.91 Å². The molecule has 1 unspecified atom stereocenters. The number of ketones is 1. The Labute approximate surface area is 146 Å². The summed E-state index contributed by atoms with van der Waals surface area (Å²) in [5.41, 5.74) is 3.56. The quantitative estimate of drug-likeness (QED) is 0.699. The predicted octanol–water partition coefficient (Wildman–Crippen LogP) is 3.53. The van der Waals surface area contributed by atoms with Crippen molar-refractivity contribution >= 4 is 23.3 Å². The summed E-state index contributed by atoms with van der Waals surface area (Å²) in [6.45, 7) is 6.76. The van der Waals surface area contributed by atoms with Gasteiger partial charge in [-0.15, -0.1) is 0 Å². The molecular formula is C19H22N2O4. The third kappa shape index (κ3) is 3.79. The van der Waals surface area contributed by atoms with Crippen LogP contribution in [0.25, 0.3) is 0 Å². The molecule has 1 heterocycles. The lowest BCUT2D eigenvalue weighted by atomic mass is 10.0. The minimum absolute atomic E-state index is 0.0725. The zero-order chi connectivity index (χ0) is 18.7. The second-order valence-electron chi connectivity index (χ2n) is 6.02. The van der Waals surface area contributed by atoms with Gasteiger partial charge in [0.1, 0.15) is 5.69 Å². The van der Waals surface area contributed by atoms with Crippen molar-refractivity contribution in [2.75, 3.05) is 5.32 Å². The largest absolute Gasteiger partial charge is 0.481 e. The summed E-state index contributed by atoms with van der Waals surface area (Å²) in [5, 5.41) is 11.8. The number of hydrogen-bond acceptors (Lipinski definition) is 3. The zero-order valence-corrected chi connectivity index (χ0v) is 14.8. The van der Waals surface area contributed by atoms with E-state index >= 15 is 0 Å². The highest BCUT2D eigenvalue weighted by molar-refractivity contribution is 6.07. The Kier molecular flexibility index (Phi) is 5.41. The van der Waals surface area contributed by atoms with E-state index in [0.29, 0.717) is 40.2 Å². The fourth-order valence-electron chi connectivity index (χ4n) is 2.89. The number of carboxylic acids is 1. The van der Waals surface area contributed by atoms with Crippen molar-refractivity contribution < 1.29 is 19.5 Å². The molecule has 2 aromatic rings. The van der Waals surface area contributed by atoms with Gasteiger partial charge in [-0.1, -0.05) is 19.1 Å². The van der Waals surface area contributed by atoms with Crippen LogP contribution in [0.5, 0.6) is 0 Å². The van der Waals surface area contributed by atoms with E-state index in [4.69, 9.17) is 5.11 Å². The van der Waals surface area contributed by atoms with Gasteiger partial charge in [0.2, 0.25) is 0 Å². The number of carboxylic acid groups (broad SMARTS) is 1. The molecule has 1 amide bonds. The number of H-pyrrole nitrogens is 1. The van der Waals surface area contributed by atoms with Gasteiger partial charge in [-0.25, -0.2) is 0 Å². The van der Waals surface area contributed by atoms with Crippen LogP contribution in [0.4, 0.5) is 5.69 Å². The van der Waals surface area contributed by atoms with Crippen molar-refractivity contribution in [1.82, 2.24) is 4.98 Å². The zero-order valence-electron chi connectivity index (χ0n) is 14.8. The molecule has 0 spiro atoms. The van der Waals surface area contributed by atoms with E-state index in [1.165, 1.54) is 6.92 Å². The number of anilines is 1. The van der Waals surface area contributed by atoms with Crippen molar-refractivity contribution in [3.8, 4) is 0 Å². The van der Waals surface area contributed by atoms with Crippen molar-refractivity contribution in [1.29, 1.82) is 0 Å². The second kappa shape index (κ2) is 7.34. The number of aromatic nitrogens is 1. The maximum absolute atomic E-state index is 12.6. The number of nitrogens with one attached hydrogen (secondary N) is 2. The summed E-state index contributed by atoms with van der Waals surface area (Å²) in [7, 11) is 0.